The van der Waals surface area contributed by atoms with E-state index in [0.29, 0.717) is 17.7 Å². The first-order valence-corrected chi connectivity index (χ1v) is 8.80. The zero-order chi connectivity index (χ0) is 17.0. The number of nitrogens with one attached hydrogen (secondary N) is 1. The van der Waals surface area contributed by atoms with Gasteiger partial charge in [-0.2, -0.15) is 0 Å². The van der Waals surface area contributed by atoms with Crippen molar-refractivity contribution >= 4 is 21.4 Å². The molecule has 0 aliphatic carbocycles. The minimum absolute atomic E-state index is 0.122. The Bertz CT molecular complexity index is 832. The van der Waals surface area contributed by atoms with Gasteiger partial charge in [0.05, 0.1) is 16.4 Å². The number of rotatable bonds is 6. The molecule has 0 atom stereocenters. The van der Waals surface area contributed by atoms with Crippen LogP contribution in [0.3, 0.4) is 0 Å². The Hall–Kier alpha value is -2.41. The van der Waals surface area contributed by atoms with Crippen LogP contribution in [-0.2, 0) is 22.2 Å². The average molecular weight is 334 g/mol. The number of nitro benzene ring substituents is 1. The molecule has 0 amide bonds. The van der Waals surface area contributed by atoms with Crippen LogP contribution in [0.25, 0.3) is 0 Å². The highest BCUT2D eigenvalue weighted by atomic mass is 32.2. The number of hydrogen-bond acceptors (Lipinski definition) is 4. The molecule has 0 bridgehead atoms. The second-order valence-corrected chi connectivity index (χ2v) is 6.97. The molecular formula is C16H18N2O4S. The molecule has 1 N–H and O–H groups in total. The quantitative estimate of drug-likeness (QED) is 0.647. The predicted molar refractivity (Wildman–Crippen MR) is 89.9 cm³/mol. The molecule has 0 unspecified atom stereocenters. The highest BCUT2D eigenvalue weighted by Crippen LogP contribution is 2.24. The summed E-state index contributed by atoms with van der Waals surface area (Å²) in [6.07, 6.45) is 0.705. The third-order valence-corrected chi connectivity index (χ3v) is 4.70. The number of para-hydroxylation sites is 1. The van der Waals surface area contributed by atoms with Crippen molar-refractivity contribution in [2.45, 2.75) is 26.0 Å². The van der Waals surface area contributed by atoms with Crippen molar-refractivity contribution < 1.29 is 13.3 Å². The Balaban J connectivity index is 2.27. The first-order chi connectivity index (χ1) is 10.8. The van der Waals surface area contributed by atoms with E-state index < -0.39 is 14.9 Å². The van der Waals surface area contributed by atoms with Gasteiger partial charge in [-0.15, -0.1) is 0 Å². The molecule has 23 heavy (non-hydrogen) atoms. The molecule has 7 heteroatoms. The normalized spacial score (nSPS) is 11.2. The number of non-ortho nitro benzene ring substituents is 1. The number of sulfonamides is 1. The summed E-state index contributed by atoms with van der Waals surface area (Å²) in [6.45, 7) is 3.79. The van der Waals surface area contributed by atoms with E-state index in [0.717, 1.165) is 11.1 Å². The van der Waals surface area contributed by atoms with Crippen molar-refractivity contribution in [2.24, 2.45) is 0 Å². The standard InChI is InChI=1S/C16H18N2O4S/c1-3-14-8-4-6-12(2)16(14)17-23(21,22)11-13-7-5-9-15(10-13)18(19)20/h4-10,17H,3,11H2,1-2H3. The van der Waals surface area contributed by atoms with Gasteiger partial charge in [0.25, 0.3) is 5.69 Å². The fraction of sp³-hybridized carbons (Fsp3) is 0.250. The molecule has 2 aromatic rings. The van der Waals surface area contributed by atoms with Crippen molar-refractivity contribution in [1.82, 2.24) is 0 Å². The smallest absolute Gasteiger partial charge is 0.269 e. The minimum Gasteiger partial charge on any atom is -0.283 e. The number of nitrogens with zero attached hydrogens (tertiary/aromatic N) is 1. The van der Waals surface area contributed by atoms with E-state index >= 15 is 0 Å². The van der Waals surface area contributed by atoms with E-state index in [4.69, 9.17) is 0 Å². The van der Waals surface area contributed by atoms with E-state index in [1.807, 2.05) is 32.0 Å². The summed E-state index contributed by atoms with van der Waals surface area (Å²) in [6, 6.07) is 11.2. The minimum atomic E-state index is -3.66. The summed E-state index contributed by atoms with van der Waals surface area (Å²) >= 11 is 0. The molecule has 0 aliphatic rings. The Labute approximate surface area is 135 Å². The van der Waals surface area contributed by atoms with Crippen LogP contribution in [0.4, 0.5) is 11.4 Å². The van der Waals surface area contributed by atoms with Crippen molar-refractivity contribution in [2.75, 3.05) is 4.72 Å². The van der Waals surface area contributed by atoms with Gasteiger partial charge in [0, 0.05) is 12.1 Å². The number of benzene rings is 2. The third-order valence-electron chi connectivity index (χ3n) is 3.48. The maximum Gasteiger partial charge on any atom is 0.269 e. The van der Waals surface area contributed by atoms with E-state index in [9.17, 15) is 18.5 Å². The molecule has 122 valence electrons. The van der Waals surface area contributed by atoms with Gasteiger partial charge in [-0.3, -0.25) is 14.8 Å². The number of anilines is 1. The summed E-state index contributed by atoms with van der Waals surface area (Å²) in [5, 5.41) is 10.8. The van der Waals surface area contributed by atoms with Gasteiger partial charge >= 0.3 is 0 Å². The van der Waals surface area contributed by atoms with Crippen LogP contribution in [0.1, 0.15) is 23.6 Å². The highest BCUT2D eigenvalue weighted by Gasteiger charge is 2.16. The molecule has 0 fully saturated rings. The molecule has 2 aromatic carbocycles. The molecule has 2 rings (SSSR count). The molecule has 0 aromatic heterocycles. The second kappa shape index (κ2) is 6.78. The van der Waals surface area contributed by atoms with Crippen LogP contribution in [0.2, 0.25) is 0 Å². The van der Waals surface area contributed by atoms with E-state index in [1.165, 1.54) is 18.2 Å². The summed E-state index contributed by atoms with van der Waals surface area (Å²) < 4.78 is 27.4. The van der Waals surface area contributed by atoms with Crippen molar-refractivity contribution in [3.8, 4) is 0 Å². The highest BCUT2D eigenvalue weighted by molar-refractivity contribution is 7.91. The predicted octanol–water partition coefficient (Wildman–Crippen LogP) is 3.41. The van der Waals surface area contributed by atoms with Crippen molar-refractivity contribution in [3.63, 3.8) is 0 Å². The molecule has 0 saturated carbocycles. The van der Waals surface area contributed by atoms with Crippen molar-refractivity contribution in [3.05, 3.63) is 69.3 Å². The molecule has 0 saturated heterocycles. The lowest BCUT2D eigenvalue weighted by atomic mass is 10.1. The summed E-state index contributed by atoms with van der Waals surface area (Å²) in [5.41, 5.74) is 2.58. The van der Waals surface area contributed by atoms with Gasteiger partial charge in [-0.1, -0.05) is 37.3 Å². The topological polar surface area (TPSA) is 89.3 Å². The molecule has 0 spiro atoms. The van der Waals surface area contributed by atoms with Crippen molar-refractivity contribution in [1.29, 1.82) is 0 Å². The van der Waals surface area contributed by atoms with Gasteiger partial charge in [0.2, 0.25) is 10.0 Å². The van der Waals surface area contributed by atoms with Crippen LogP contribution in [0.5, 0.6) is 0 Å². The maximum absolute atomic E-state index is 12.4. The number of aryl methyl sites for hydroxylation is 2. The van der Waals surface area contributed by atoms with Crippen LogP contribution >= 0.6 is 0 Å². The lowest BCUT2D eigenvalue weighted by Crippen LogP contribution is -2.17. The van der Waals surface area contributed by atoms with E-state index in [2.05, 4.69) is 4.72 Å². The van der Waals surface area contributed by atoms with Crippen LogP contribution in [0, 0.1) is 17.0 Å². The molecular weight excluding hydrogens is 316 g/mol. The molecule has 0 heterocycles. The summed E-state index contributed by atoms with van der Waals surface area (Å²) in [5.74, 6) is -0.313. The first-order valence-electron chi connectivity index (χ1n) is 7.14. The first kappa shape index (κ1) is 17.0. The van der Waals surface area contributed by atoms with E-state index in [-0.39, 0.29) is 11.4 Å². The maximum atomic E-state index is 12.4. The fourth-order valence-corrected chi connectivity index (χ4v) is 3.63. The van der Waals surface area contributed by atoms with E-state index in [1.54, 1.807) is 6.07 Å². The Morgan fingerprint density at radius 1 is 1.17 bits per heavy atom. The van der Waals surface area contributed by atoms with Gasteiger partial charge in [0.15, 0.2) is 0 Å². The van der Waals surface area contributed by atoms with Gasteiger partial charge in [-0.25, -0.2) is 8.42 Å². The Morgan fingerprint density at radius 3 is 2.52 bits per heavy atom. The number of hydrogen-bond donors (Lipinski definition) is 1. The Morgan fingerprint density at radius 2 is 1.87 bits per heavy atom. The average Bonchev–Trinajstić information content (AvgIpc) is 2.49. The monoisotopic (exact) mass is 334 g/mol. The number of nitro groups is 1. The third kappa shape index (κ3) is 4.29. The molecule has 0 aliphatic heterocycles. The van der Waals surface area contributed by atoms with Crippen LogP contribution < -0.4 is 4.72 Å². The molecule has 6 nitrogen and oxygen atoms in total. The largest absolute Gasteiger partial charge is 0.283 e. The lowest BCUT2D eigenvalue weighted by molar-refractivity contribution is -0.384. The SMILES string of the molecule is CCc1cccc(C)c1NS(=O)(=O)Cc1cccc([N+](=O)[O-])c1. The summed E-state index contributed by atoms with van der Waals surface area (Å²) in [4.78, 5) is 10.2. The Kier molecular flexibility index (Phi) is 5.00. The van der Waals surface area contributed by atoms with Gasteiger partial charge < -0.3 is 0 Å². The van der Waals surface area contributed by atoms with Crippen LogP contribution in [-0.4, -0.2) is 13.3 Å². The fourth-order valence-electron chi connectivity index (χ4n) is 2.34. The molecule has 0 radical (unpaired) electrons. The van der Waals surface area contributed by atoms with Gasteiger partial charge in [0.1, 0.15) is 0 Å². The zero-order valence-electron chi connectivity index (χ0n) is 12.9. The van der Waals surface area contributed by atoms with Crippen LogP contribution in [0.15, 0.2) is 42.5 Å². The van der Waals surface area contributed by atoms with Gasteiger partial charge in [-0.05, 0) is 30.0 Å². The lowest BCUT2D eigenvalue weighted by Gasteiger charge is -2.14. The summed E-state index contributed by atoms with van der Waals surface area (Å²) in [7, 11) is -3.66. The second-order valence-electron chi connectivity index (χ2n) is 5.25. The zero-order valence-corrected chi connectivity index (χ0v) is 13.8.